The highest BCUT2D eigenvalue weighted by Gasteiger charge is 2.30. The number of nitrogens with zero attached hydrogens (tertiary/aromatic N) is 1. The van der Waals surface area contributed by atoms with Crippen LogP contribution >= 0.6 is 11.8 Å². The van der Waals surface area contributed by atoms with E-state index >= 15 is 0 Å². The minimum absolute atomic E-state index is 0.0844. The van der Waals surface area contributed by atoms with Gasteiger partial charge in [0.2, 0.25) is 11.8 Å². The number of methoxy groups -OCH3 is 1. The maximum Gasteiger partial charge on any atom is 0.243 e. The minimum Gasteiger partial charge on any atom is -0.497 e. The Morgan fingerprint density at radius 1 is 0.939 bits per heavy atom. The number of benzene rings is 3. The molecular weight excluding hydrogens is 432 g/mol. The summed E-state index contributed by atoms with van der Waals surface area (Å²) in [4.78, 5) is 29.4. The number of likely N-dealkylation sites (N-methyl/N-ethyl adjacent to an activating group) is 1. The summed E-state index contributed by atoms with van der Waals surface area (Å²) in [5.41, 5.74) is 1.92. The predicted octanol–water partition coefficient (Wildman–Crippen LogP) is 4.56. The van der Waals surface area contributed by atoms with Gasteiger partial charge in [-0.15, -0.1) is 11.8 Å². The van der Waals surface area contributed by atoms with E-state index in [9.17, 15) is 9.59 Å². The summed E-state index contributed by atoms with van der Waals surface area (Å²) in [5, 5.41) is 2.92. The van der Waals surface area contributed by atoms with Crippen molar-refractivity contribution in [3.8, 4) is 5.75 Å². The Hall–Kier alpha value is -3.25. The van der Waals surface area contributed by atoms with Crippen molar-refractivity contribution in [2.75, 3.05) is 19.4 Å². The van der Waals surface area contributed by atoms with Crippen LogP contribution in [-0.2, 0) is 22.6 Å². The highest BCUT2D eigenvalue weighted by Crippen LogP contribution is 2.22. The van der Waals surface area contributed by atoms with E-state index in [1.165, 1.54) is 11.8 Å². The summed E-state index contributed by atoms with van der Waals surface area (Å²) in [7, 11) is 1.62. The van der Waals surface area contributed by atoms with Crippen molar-refractivity contribution in [3.63, 3.8) is 0 Å². The third-order valence-electron chi connectivity index (χ3n) is 5.21. The number of amides is 2. The zero-order chi connectivity index (χ0) is 23.5. The van der Waals surface area contributed by atoms with Crippen LogP contribution in [0.5, 0.6) is 5.75 Å². The fourth-order valence-corrected chi connectivity index (χ4v) is 4.36. The fourth-order valence-electron chi connectivity index (χ4n) is 3.56. The first-order valence-electron chi connectivity index (χ1n) is 11.0. The van der Waals surface area contributed by atoms with Gasteiger partial charge in [-0.2, -0.15) is 0 Å². The van der Waals surface area contributed by atoms with Gasteiger partial charge < -0.3 is 15.0 Å². The maximum atomic E-state index is 13.5. The summed E-state index contributed by atoms with van der Waals surface area (Å²) in [6.07, 6.45) is 0.443. The molecule has 172 valence electrons. The van der Waals surface area contributed by atoms with Gasteiger partial charge in [0.25, 0.3) is 0 Å². The number of rotatable bonds is 11. The SMILES string of the molecule is CCNC(=O)[C@@H](Cc1ccccc1)N(Cc1cccc(OC)c1)C(=O)CSc1ccccc1. The fraction of sp³-hybridized carbons (Fsp3) is 0.259. The molecule has 0 saturated carbocycles. The van der Waals surface area contributed by atoms with Gasteiger partial charge in [0.15, 0.2) is 0 Å². The monoisotopic (exact) mass is 462 g/mol. The molecule has 5 nitrogen and oxygen atoms in total. The molecule has 3 aromatic rings. The molecule has 6 heteroatoms. The molecule has 0 spiro atoms. The molecule has 1 atom stereocenters. The van der Waals surface area contributed by atoms with Crippen LogP contribution in [0.3, 0.4) is 0 Å². The zero-order valence-corrected chi connectivity index (χ0v) is 19.9. The number of carbonyl (C=O) groups excluding carboxylic acids is 2. The van der Waals surface area contributed by atoms with Gasteiger partial charge >= 0.3 is 0 Å². The molecular formula is C27H30N2O3S. The van der Waals surface area contributed by atoms with Crippen LogP contribution in [0.4, 0.5) is 0 Å². The van der Waals surface area contributed by atoms with Crippen LogP contribution in [0, 0.1) is 0 Å². The number of ether oxygens (including phenoxy) is 1. The molecule has 0 heterocycles. The molecule has 0 aliphatic rings. The number of carbonyl (C=O) groups is 2. The van der Waals surface area contributed by atoms with Crippen molar-refractivity contribution in [2.24, 2.45) is 0 Å². The Bertz CT molecular complexity index is 1030. The summed E-state index contributed by atoms with van der Waals surface area (Å²) in [5.74, 6) is 0.732. The highest BCUT2D eigenvalue weighted by molar-refractivity contribution is 8.00. The quantitative estimate of drug-likeness (QED) is 0.424. The molecule has 0 bridgehead atoms. The van der Waals surface area contributed by atoms with E-state index in [1.54, 1.807) is 12.0 Å². The zero-order valence-electron chi connectivity index (χ0n) is 19.1. The number of hydrogen-bond donors (Lipinski definition) is 1. The van der Waals surface area contributed by atoms with E-state index < -0.39 is 6.04 Å². The first-order chi connectivity index (χ1) is 16.1. The van der Waals surface area contributed by atoms with Gasteiger partial charge in [0.05, 0.1) is 12.9 Å². The Balaban J connectivity index is 1.89. The second-order valence-corrected chi connectivity index (χ2v) is 8.62. The predicted molar refractivity (Wildman–Crippen MR) is 133 cm³/mol. The molecule has 0 saturated heterocycles. The van der Waals surface area contributed by atoms with Crippen LogP contribution in [0.15, 0.2) is 89.8 Å². The lowest BCUT2D eigenvalue weighted by Crippen LogP contribution is -2.51. The highest BCUT2D eigenvalue weighted by atomic mass is 32.2. The van der Waals surface area contributed by atoms with Crippen LogP contribution in [-0.4, -0.2) is 42.2 Å². The van der Waals surface area contributed by atoms with E-state index in [0.29, 0.717) is 19.5 Å². The standard InChI is InChI=1S/C27H30N2O3S/c1-3-28-27(31)25(18-21-11-6-4-7-12-21)29(19-22-13-10-14-23(17-22)32-2)26(30)20-33-24-15-8-5-9-16-24/h4-17,25H,3,18-20H2,1-2H3,(H,28,31)/t25-/m1/s1. The molecule has 0 radical (unpaired) electrons. The summed E-state index contributed by atoms with van der Waals surface area (Å²) >= 11 is 1.48. The average Bonchev–Trinajstić information content (AvgIpc) is 2.86. The van der Waals surface area contributed by atoms with E-state index in [0.717, 1.165) is 21.8 Å². The Kier molecular flexibility index (Phi) is 9.39. The topological polar surface area (TPSA) is 58.6 Å². The van der Waals surface area contributed by atoms with Crippen LogP contribution in [0.25, 0.3) is 0 Å². The van der Waals surface area contributed by atoms with Gasteiger partial charge in [-0.25, -0.2) is 0 Å². The van der Waals surface area contributed by atoms with Crippen LogP contribution < -0.4 is 10.1 Å². The van der Waals surface area contributed by atoms with Gasteiger partial charge in [-0.1, -0.05) is 60.7 Å². The number of hydrogen-bond acceptors (Lipinski definition) is 4. The van der Waals surface area contributed by atoms with Gasteiger partial charge in [0.1, 0.15) is 11.8 Å². The van der Waals surface area contributed by atoms with Crippen LogP contribution in [0.2, 0.25) is 0 Å². The second-order valence-electron chi connectivity index (χ2n) is 7.57. The van der Waals surface area contributed by atoms with E-state index in [-0.39, 0.29) is 17.6 Å². The van der Waals surface area contributed by atoms with Crippen molar-refractivity contribution < 1.29 is 14.3 Å². The third-order valence-corrected chi connectivity index (χ3v) is 6.21. The van der Waals surface area contributed by atoms with E-state index in [2.05, 4.69) is 5.32 Å². The molecule has 2 amide bonds. The van der Waals surface area contributed by atoms with Crippen molar-refractivity contribution in [1.82, 2.24) is 10.2 Å². The number of nitrogens with one attached hydrogen (secondary N) is 1. The van der Waals surface area contributed by atoms with Crippen molar-refractivity contribution in [2.45, 2.75) is 30.8 Å². The Morgan fingerprint density at radius 2 is 1.61 bits per heavy atom. The van der Waals surface area contributed by atoms with E-state index in [4.69, 9.17) is 4.74 Å². The lowest BCUT2D eigenvalue weighted by atomic mass is 10.0. The molecule has 1 N–H and O–H groups in total. The normalized spacial score (nSPS) is 11.5. The van der Waals surface area contributed by atoms with Crippen molar-refractivity contribution >= 4 is 23.6 Å². The molecule has 33 heavy (non-hydrogen) atoms. The van der Waals surface area contributed by atoms with E-state index in [1.807, 2.05) is 91.9 Å². The molecule has 3 rings (SSSR count). The lowest BCUT2D eigenvalue weighted by molar-refractivity contribution is -0.139. The number of thioether (sulfide) groups is 1. The molecule has 3 aromatic carbocycles. The van der Waals surface area contributed by atoms with Gasteiger partial charge in [-0.05, 0) is 42.3 Å². The first-order valence-corrected chi connectivity index (χ1v) is 12.0. The first kappa shape index (κ1) is 24.4. The molecule has 0 aliphatic heterocycles. The van der Waals surface area contributed by atoms with Gasteiger partial charge in [0, 0.05) is 24.4 Å². The summed E-state index contributed by atoms with van der Waals surface area (Å²) in [6, 6.07) is 26.6. The average molecular weight is 463 g/mol. The largest absolute Gasteiger partial charge is 0.497 e. The Morgan fingerprint density at radius 3 is 2.27 bits per heavy atom. The molecule has 0 aromatic heterocycles. The van der Waals surface area contributed by atoms with Gasteiger partial charge in [-0.3, -0.25) is 9.59 Å². The summed E-state index contributed by atoms with van der Waals surface area (Å²) in [6.45, 7) is 2.71. The second kappa shape index (κ2) is 12.7. The van der Waals surface area contributed by atoms with Crippen LogP contribution in [0.1, 0.15) is 18.1 Å². The lowest BCUT2D eigenvalue weighted by Gasteiger charge is -2.31. The molecule has 0 unspecified atom stereocenters. The third kappa shape index (κ3) is 7.39. The van der Waals surface area contributed by atoms with Crippen molar-refractivity contribution in [1.29, 1.82) is 0 Å². The maximum absolute atomic E-state index is 13.5. The minimum atomic E-state index is -0.623. The molecule has 0 aliphatic carbocycles. The van der Waals surface area contributed by atoms with Crippen molar-refractivity contribution in [3.05, 3.63) is 96.1 Å². The smallest absolute Gasteiger partial charge is 0.243 e. The Labute approximate surface area is 200 Å². The molecule has 0 fully saturated rings. The summed E-state index contributed by atoms with van der Waals surface area (Å²) < 4.78 is 5.36.